The number of alkyl halides is 3. The van der Waals surface area contributed by atoms with E-state index in [1.165, 1.54) is 0 Å². The number of hydrogen-bond donors (Lipinski definition) is 3. The molecule has 0 bridgehead atoms. The van der Waals surface area contributed by atoms with Gasteiger partial charge in [-0.2, -0.15) is 18.2 Å². The molecular formula is C16H23F3N6. The Hall–Kier alpha value is -2.16. The molecule has 2 aromatic rings. The highest BCUT2D eigenvalue weighted by molar-refractivity contribution is 5.86. The predicted molar refractivity (Wildman–Crippen MR) is 92.2 cm³/mol. The van der Waals surface area contributed by atoms with E-state index in [4.69, 9.17) is 5.73 Å². The number of nitrogens with one attached hydrogen (secondary N) is 2. The number of nitrogens with two attached hydrogens (primary N) is 1. The summed E-state index contributed by atoms with van der Waals surface area (Å²) in [5.41, 5.74) is 6.23. The van der Waals surface area contributed by atoms with E-state index in [9.17, 15) is 13.2 Å². The minimum atomic E-state index is -4.25. The molecule has 0 amide bonds. The summed E-state index contributed by atoms with van der Waals surface area (Å²) in [6, 6.07) is 3.50. The number of aromatic nitrogens is 3. The van der Waals surface area contributed by atoms with Gasteiger partial charge in [0.1, 0.15) is 5.52 Å². The lowest BCUT2D eigenvalue weighted by Crippen LogP contribution is -2.47. The molecule has 0 radical (unpaired) electrons. The highest BCUT2D eigenvalue weighted by Gasteiger charge is 2.30. The second kappa shape index (κ2) is 7.81. The minimum Gasteiger partial charge on any atom is -0.368 e. The van der Waals surface area contributed by atoms with Crippen molar-refractivity contribution in [2.24, 2.45) is 0 Å². The fourth-order valence-corrected chi connectivity index (χ4v) is 2.60. The Bertz CT molecular complexity index is 706. The van der Waals surface area contributed by atoms with Gasteiger partial charge in [-0.1, -0.05) is 19.8 Å². The Morgan fingerprint density at radius 3 is 2.64 bits per heavy atom. The van der Waals surface area contributed by atoms with Crippen LogP contribution in [0.5, 0.6) is 0 Å². The molecule has 25 heavy (non-hydrogen) atoms. The number of unbranched alkanes of at least 4 members (excludes halogenated alkanes) is 1. The smallest absolute Gasteiger partial charge is 0.368 e. The second-order valence-corrected chi connectivity index (χ2v) is 6.31. The Morgan fingerprint density at radius 2 is 1.96 bits per heavy atom. The summed E-state index contributed by atoms with van der Waals surface area (Å²) in [5.74, 6) is 0.514. The van der Waals surface area contributed by atoms with Crippen molar-refractivity contribution in [2.45, 2.75) is 44.8 Å². The average molecular weight is 356 g/mol. The molecule has 0 spiro atoms. The Labute approximate surface area is 144 Å². The molecule has 1 atom stereocenters. The molecule has 0 aromatic carbocycles. The molecule has 0 unspecified atom stereocenters. The summed E-state index contributed by atoms with van der Waals surface area (Å²) in [6.07, 6.45) is -0.172. The Morgan fingerprint density at radius 1 is 1.20 bits per heavy atom. The predicted octanol–water partition coefficient (Wildman–Crippen LogP) is 3.12. The van der Waals surface area contributed by atoms with Crippen LogP contribution in [0.4, 0.5) is 24.9 Å². The zero-order valence-electron chi connectivity index (χ0n) is 14.3. The molecule has 0 aliphatic rings. The maximum absolute atomic E-state index is 12.4. The maximum atomic E-state index is 12.4. The van der Waals surface area contributed by atoms with Crippen LogP contribution in [0.2, 0.25) is 0 Å². The van der Waals surface area contributed by atoms with Gasteiger partial charge < -0.3 is 16.4 Å². The normalized spacial score (nSPS) is 14.4. The number of pyridine rings is 1. The third kappa shape index (κ3) is 5.70. The number of hydrogen-bond acceptors (Lipinski definition) is 6. The molecule has 0 saturated carbocycles. The van der Waals surface area contributed by atoms with Gasteiger partial charge in [-0.25, -0.2) is 4.98 Å². The molecule has 2 rings (SSSR count). The van der Waals surface area contributed by atoms with Crippen molar-refractivity contribution in [3.63, 3.8) is 0 Å². The zero-order chi connectivity index (χ0) is 18.5. The largest absolute Gasteiger partial charge is 0.401 e. The molecule has 2 heterocycles. The quantitative estimate of drug-likeness (QED) is 0.673. The standard InChI is InChI=1S/C16H23F3N6/c1-3-4-7-15(2,9-21-10-16(17,18)19)25-13-12-11(6-5-8-22-12)23-14(20)24-13/h5-6,8,21H,3-4,7,9-10H2,1-2H3,(H3,20,23,24,25)/t15-/m1/s1. The third-order valence-corrected chi connectivity index (χ3v) is 3.81. The topological polar surface area (TPSA) is 88.8 Å². The molecule has 0 saturated heterocycles. The van der Waals surface area contributed by atoms with Crippen LogP contribution in [-0.4, -0.2) is 39.8 Å². The van der Waals surface area contributed by atoms with Crippen LogP contribution >= 0.6 is 0 Å². The van der Waals surface area contributed by atoms with Crippen molar-refractivity contribution in [1.29, 1.82) is 0 Å². The van der Waals surface area contributed by atoms with Crippen LogP contribution in [0.15, 0.2) is 18.3 Å². The van der Waals surface area contributed by atoms with Crippen molar-refractivity contribution >= 4 is 22.8 Å². The molecule has 138 valence electrons. The van der Waals surface area contributed by atoms with Crippen LogP contribution in [0.3, 0.4) is 0 Å². The van der Waals surface area contributed by atoms with Crippen LogP contribution in [0.25, 0.3) is 11.0 Å². The van der Waals surface area contributed by atoms with Crippen LogP contribution in [0.1, 0.15) is 33.1 Å². The van der Waals surface area contributed by atoms with Gasteiger partial charge in [0.25, 0.3) is 0 Å². The third-order valence-electron chi connectivity index (χ3n) is 3.81. The molecule has 0 aliphatic carbocycles. The monoisotopic (exact) mass is 356 g/mol. The lowest BCUT2D eigenvalue weighted by molar-refractivity contribution is -0.125. The van der Waals surface area contributed by atoms with Gasteiger partial charge in [0.15, 0.2) is 5.82 Å². The number of anilines is 2. The summed E-state index contributed by atoms with van der Waals surface area (Å²) < 4.78 is 37.3. The molecular weight excluding hydrogens is 333 g/mol. The maximum Gasteiger partial charge on any atom is 0.401 e. The second-order valence-electron chi connectivity index (χ2n) is 6.31. The van der Waals surface area contributed by atoms with Gasteiger partial charge in [0, 0.05) is 18.3 Å². The van der Waals surface area contributed by atoms with Crippen LogP contribution in [0, 0.1) is 0 Å². The van der Waals surface area contributed by atoms with Gasteiger partial charge in [-0.3, -0.25) is 4.98 Å². The SMILES string of the molecule is CCCC[C@](C)(CNCC(F)(F)F)Nc1nc(N)nc2cccnc12. The van der Waals surface area contributed by atoms with Crippen LogP contribution < -0.4 is 16.4 Å². The van der Waals surface area contributed by atoms with E-state index in [0.717, 1.165) is 12.8 Å². The lowest BCUT2D eigenvalue weighted by atomic mass is 9.94. The first-order valence-electron chi connectivity index (χ1n) is 8.16. The molecule has 4 N–H and O–H groups in total. The van der Waals surface area contributed by atoms with Crippen molar-refractivity contribution in [2.75, 3.05) is 24.1 Å². The first-order valence-corrected chi connectivity index (χ1v) is 8.16. The van der Waals surface area contributed by atoms with Crippen LogP contribution in [-0.2, 0) is 0 Å². The van der Waals surface area contributed by atoms with Crippen molar-refractivity contribution in [3.05, 3.63) is 18.3 Å². The highest BCUT2D eigenvalue weighted by Crippen LogP contribution is 2.25. The van der Waals surface area contributed by atoms with Gasteiger partial charge in [0.2, 0.25) is 5.95 Å². The molecule has 0 fully saturated rings. The van der Waals surface area contributed by atoms with E-state index in [1.54, 1.807) is 18.3 Å². The number of halogens is 3. The summed E-state index contributed by atoms with van der Waals surface area (Å²) in [4.78, 5) is 12.6. The minimum absolute atomic E-state index is 0.0871. The van der Waals surface area contributed by atoms with Gasteiger partial charge >= 0.3 is 6.18 Å². The summed E-state index contributed by atoms with van der Waals surface area (Å²) in [6.45, 7) is 2.98. The molecule has 0 aliphatic heterocycles. The van der Waals surface area contributed by atoms with Gasteiger partial charge in [0.05, 0.1) is 12.1 Å². The Balaban J connectivity index is 2.24. The average Bonchev–Trinajstić information content (AvgIpc) is 2.51. The highest BCUT2D eigenvalue weighted by atomic mass is 19.4. The fraction of sp³-hybridized carbons (Fsp3) is 0.562. The number of nitrogens with zero attached hydrogens (tertiary/aromatic N) is 3. The molecule has 6 nitrogen and oxygen atoms in total. The van der Waals surface area contributed by atoms with E-state index in [2.05, 4.69) is 25.6 Å². The zero-order valence-corrected chi connectivity index (χ0v) is 14.3. The van der Waals surface area contributed by atoms with Crippen molar-refractivity contribution < 1.29 is 13.2 Å². The molecule has 2 aromatic heterocycles. The first-order chi connectivity index (χ1) is 11.7. The summed E-state index contributed by atoms with van der Waals surface area (Å²) in [5, 5.41) is 5.71. The van der Waals surface area contributed by atoms with Gasteiger partial charge in [-0.05, 0) is 25.5 Å². The van der Waals surface area contributed by atoms with Gasteiger partial charge in [-0.15, -0.1) is 0 Å². The lowest BCUT2D eigenvalue weighted by Gasteiger charge is -2.32. The van der Waals surface area contributed by atoms with E-state index in [-0.39, 0.29) is 12.5 Å². The van der Waals surface area contributed by atoms with Crippen molar-refractivity contribution in [1.82, 2.24) is 20.3 Å². The molecule has 9 heteroatoms. The van der Waals surface area contributed by atoms with E-state index in [1.807, 2.05) is 13.8 Å². The van der Waals surface area contributed by atoms with E-state index in [0.29, 0.717) is 23.3 Å². The number of rotatable bonds is 8. The summed E-state index contributed by atoms with van der Waals surface area (Å²) >= 11 is 0. The first kappa shape index (κ1) is 19.2. The number of nitrogen functional groups attached to an aromatic ring is 1. The van der Waals surface area contributed by atoms with Crippen molar-refractivity contribution in [3.8, 4) is 0 Å². The fourth-order valence-electron chi connectivity index (χ4n) is 2.60. The van der Waals surface area contributed by atoms with E-state index < -0.39 is 18.3 Å². The number of fused-ring (bicyclic) bond motifs is 1. The summed E-state index contributed by atoms with van der Waals surface area (Å²) in [7, 11) is 0. The van der Waals surface area contributed by atoms with E-state index >= 15 is 0 Å². The Kier molecular flexibility index (Phi) is 5.99.